The first-order chi connectivity index (χ1) is 12.6. The van der Waals surface area contributed by atoms with Gasteiger partial charge in [-0.1, -0.05) is 12.2 Å². The van der Waals surface area contributed by atoms with Gasteiger partial charge in [0.15, 0.2) is 18.1 Å². The SMILES string of the molecule is O=C(COC(=O)C1CC=CCC1)NC(=O)Nc1ccc2c(c1)OCCO2. The number of nitrogens with one attached hydrogen (secondary N) is 2. The van der Waals surface area contributed by atoms with Crippen LogP contribution in [0.1, 0.15) is 19.3 Å². The second-order valence-electron chi connectivity index (χ2n) is 5.95. The maximum Gasteiger partial charge on any atom is 0.325 e. The normalized spacial score (nSPS) is 17.9. The van der Waals surface area contributed by atoms with E-state index < -0.39 is 24.5 Å². The summed E-state index contributed by atoms with van der Waals surface area (Å²) in [5, 5.41) is 4.63. The van der Waals surface area contributed by atoms with Crippen molar-refractivity contribution in [3.05, 3.63) is 30.4 Å². The standard InChI is InChI=1S/C18H20N2O6/c21-16(11-26-17(22)12-4-2-1-3-5-12)20-18(23)19-13-6-7-14-15(10-13)25-9-8-24-14/h1-2,6-7,10,12H,3-5,8-9,11H2,(H2,19,20,21,23). The Kier molecular flexibility index (Phi) is 5.73. The monoisotopic (exact) mass is 360 g/mol. The molecule has 3 rings (SSSR count). The minimum atomic E-state index is -0.719. The zero-order valence-electron chi connectivity index (χ0n) is 14.2. The van der Waals surface area contributed by atoms with Crippen molar-refractivity contribution in [2.24, 2.45) is 5.92 Å². The molecule has 1 heterocycles. The molecule has 1 aliphatic carbocycles. The zero-order chi connectivity index (χ0) is 18.4. The number of amides is 3. The predicted octanol–water partition coefficient (Wildman–Crippen LogP) is 2.01. The number of carbonyl (C=O) groups excluding carboxylic acids is 3. The lowest BCUT2D eigenvalue weighted by atomic mass is 9.95. The summed E-state index contributed by atoms with van der Waals surface area (Å²) in [6.45, 7) is 0.418. The lowest BCUT2D eigenvalue weighted by Gasteiger charge is -2.19. The van der Waals surface area contributed by atoms with Crippen LogP contribution in [0.3, 0.4) is 0 Å². The van der Waals surface area contributed by atoms with Gasteiger partial charge in [-0.05, 0) is 31.4 Å². The third-order valence-electron chi connectivity index (χ3n) is 4.00. The molecule has 0 radical (unpaired) electrons. The largest absolute Gasteiger partial charge is 0.486 e. The van der Waals surface area contributed by atoms with Gasteiger partial charge in [-0.2, -0.15) is 0 Å². The number of benzene rings is 1. The molecule has 1 aromatic carbocycles. The molecular formula is C18H20N2O6. The van der Waals surface area contributed by atoms with E-state index >= 15 is 0 Å². The molecular weight excluding hydrogens is 340 g/mol. The highest BCUT2D eigenvalue weighted by atomic mass is 16.6. The Morgan fingerprint density at radius 2 is 1.92 bits per heavy atom. The lowest BCUT2D eigenvalue weighted by molar-refractivity contribution is -0.152. The van der Waals surface area contributed by atoms with Gasteiger partial charge in [0, 0.05) is 11.8 Å². The molecule has 0 spiro atoms. The van der Waals surface area contributed by atoms with E-state index in [9.17, 15) is 14.4 Å². The summed E-state index contributed by atoms with van der Waals surface area (Å²) in [7, 11) is 0. The van der Waals surface area contributed by atoms with Crippen LogP contribution in [0.2, 0.25) is 0 Å². The van der Waals surface area contributed by atoms with Crippen LogP contribution in [0.25, 0.3) is 0 Å². The van der Waals surface area contributed by atoms with Crippen LogP contribution in [0.5, 0.6) is 11.5 Å². The van der Waals surface area contributed by atoms with Crippen molar-refractivity contribution in [2.45, 2.75) is 19.3 Å². The fourth-order valence-electron chi connectivity index (χ4n) is 2.71. The first kappa shape index (κ1) is 17.8. The molecule has 0 saturated heterocycles. The van der Waals surface area contributed by atoms with Crippen LogP contribution in [0.4, 0.5) is 10.5 Å². The highest BCUT2D eigenvalue weighted by Gasteiger charge is 2.21. The average Bonchev–Trinajstić information content (AvgIpc) is 2.66. The molecule has 3 amide bonds. The number of hydrogen-bond donors (Lipinski definition) is 2. The molecule has 0 fully saturated rings. The van der Waals surface area contributed by atoms with E-state index in [1.807, 2.05) is 12.2 Å². The number of imide groups is 1. The maximum absolute atomic E-state index is 11.9. The van der Waals surface area contributed by atoms with Crippen LogP contribution in [-0.4, -0.2) is 37.7 Å². The van der Waals surface area contributed by atoms with E-state index in [1.165, 1.54) is 0 Å². The number of fused-ring (bicyclic) bond motifs is 1. The fourth-order valence-corrected chi connectivity index (χ4v) is 2.71. The van der Waals surface area contributed by atoms with Crippen molar-refractivity contribution in [1.82, 2.24) is 5.32 Å². The van der Waals surface area contributed by atoms with Crippen LogP contribution in [0, 0.1) is 5.92 Å². The van der Waals surface area contributed by atoms with Crippen molar-refractivity contribution in [3.63, 3.8) is 0 Å². The third kappa shape index (κ3) is 4.75. The number of rotatable bonds is 4. The number of esters is 1. The number of carbonyl (C=O) groups is 3. The zero-order valence-corrected chi connectivity index (χ0v) is 14.2. The van der Waals surface area contributed by atoms with Crippen molar-refractivity contribution >= 4 is 23.6 Å². The first-order valence-electron chi connectivity index (χ1n) is 8.44. The van der Waals surface area contributed by atoms with Gasteiger partial charge in [0.25, 0.3) is 5.91 Å². The number of allylic oxidation sites excluding steroid dienone is 2. The Labute approximate surface area is 150 Å². The van der Waals surface area contributed by atoms with E-state index in [4.69, 9.17) is 14.2 Å². The molecule has 1 atom stereocenters. The summed E-state index contributed by atoms with van der Waals surface area (Å²) in [6, 6.07) is 4.19. The van der Waals surface area contributed by atoms with Gasteiger partial charge in [-0.3, -0.25) is 14.9 Å². The summed E-state index contributed by atoms with van der Waals surface area (Å²) in [5.41, 5.74) is 0.450. The van der Waals surface area contributed by atoms with Crippen molar-refractivity contribution in [3.8, 4) is 11.5 Å². The van der Waals surface area contributed by atoms with Crippen LogP contribution >= 0.6 is 0 Å². The molecule has 26 heavy (non-hydrogen) atoms. The van der Waals surface area contributed by atoms with Gasteiger partial charge in [0.1, 0.15) is 13.2 Å². The Bertz CT molecular complexity index is 730. The highest BCUT2D eigenvalue weighted by Crippen LogP contribution is 2.32. The molecule has 2 aliphatic rings. The number of ether oxygens (including phenoxy) is 3. The molecule has 0 bridgehead atoms. The number of hydrogen-bond acceptors (Lipinski definition) is 6. The highest BCUT2D eigenvalue weighted by molar-refractivity contribution is 6.02. The van der Waals surface area contributed by atoms with E-state index in [0.29, 0.717) is 43.2 Å². The average molecular weight is 360 g/mol. The molecule has 2 N–H and O–H groups in total. The number of urea groups is 1. The van der Waals surface area contributed by atoms with Crippen molar-refractivity contribution in [1.29, 1.82) is 0 Å². The molecule has 0 saturated carbocycles. The Morgan fingerprint density at radius 1 is 1.12 bits per heavy atom. The molecule has 8 heteroatoms. The van der Waals surface area contributed by atoms with E-state index in [-0.39, 0.29) is 5.92 Å². The van der Waals surface area contributed by atoms with Gasteiger partial charge in [-0.15, -0.1) is 0 Å². The Morgan fingerprint density at radius 3 is 2.69 bits per heavy atom. The maximum atomic E-state index is 11.9. The Hall–Kier alpha value is -3.03. The Balaban J connectivity index is 1.43. The topological polar surface area (TPSA) is 103 Å². The molecule has 8 nitrogen and oxygen atoms in total. The smallest absolute Gasteiger partial charge is 0.325 e. The van der Waals surface area contributed by atoms with Gasteiger partial charge >= 0.3 is 12.0 Å². The minimum absolute atomic E-state index is 0.223. The van der Waals surface area contributed by atoms with Crippen LogP contribution < -0.4 is 20.1 Å². The van der Waals surface area contributed by atoms with Gasteiger partial charge in [0.05, 0.1) is 5.92 Å². The fraction of sp³-hybridized carbons (Fsp3) is 0.389. The molecule has 1 unspecified atom stereocenters. The first-order valence-corrected chi connectivity index (χ1v) is 8.44. The van der Waals surface area contributed by atoms with Crippen LogP contribution in [-0.2, 0) is 14.3 Å². The predicted molar refractivity (Wildman–Crippen MR) is 92.0 cm³/mol. The van der Waals surface area contributed by atoms with Gasteiger partial charge in [-0.25, -0.2) is 4.79 Å². The van der Waals surface area contributed by atoms with E-state index in [2.05, 4.69) is 10.6 Å². The van der Waals surface area contributed by atoms with Crippen molar-refractivity contribution in [2.75, 3.05) is 25.1 Å². The second-order valence-corrected chi connectivity index (χ2v) is 5.95. The third-order valence-corrected chi connectivity index (χ3v) is 4.00. The summed E-state index contributed by atoms with van der Waals surface area (Å²) in [5.74, 6) is -0.213. The molecule has 138 valence electrons. The molecule has 1 aliphatic heterocycles. The van der Waals surface area contributed by atoms with Crippen molar-refractivity contribution < 1.29 is 28.6 Å². The molecule has 1 aromatic rings. The van der Waals surface area contributed by atoms with E-state index in [0.717, 1.165) is 6.42 Å². The second kappa shape index (κ2) is 8.37. The van der Waals surface area contributed by atoms with Gasteiger partial charge < -0.3 is 19.5 Å². The summed E-state index contributed by atoms with van der Waals surface area (Å²) in [6.07, 6.45) is 6.09. The number of anilines is 1. The summed E-state index contributed by atoms with van der Waals surface area (Å²) >= 11 is 0. The molecule has 0 aromatic heterocycles. The minimum Gasteiger partial charge on any atom is -0.486 e. The summed E-state index contributed by atoms with van der Waals surface area (Å²) in [4.78, 5) is 35.5. The quantitative estimate of drug-likeness (QED) is 0.629. The van der Waals surface area contributed by atoms with E-state index in [1.54, 1.807) is 18.2 Å². The van der Waals surface area contributed by atoms with Gasteiger partial charge in [0.2, 0.25) is 0 Å². The lowest BCUT2D eigenvalue weighted by Crippen LogP contribution is -2.37. The summed E-state index contributed by atoms with van der Waals surface area (Å²) < 4.78 is 15.8. The van der Waals surface area contributed by atoms with Crippen LogP contribution in [0.15, 0.2) is 30.4 Å².